The zero-order valence-electron chi connectivity index (χ0n) is 8.49. The van der Waals surface area contributed by atoms with Gasteiger partial charge in [0.25, 0.3) is 0 Å². The fourth-order valence-electron chi connectivity index (χ4n) is 2.07. The molecule has 0 spiro atoms. The van der Waals surface area contributed by atoms with E-state index in [1.54, 1.807) is 0 Å². The molecule has 1 aliphatic rings. The van der Waals surface area contributed by atoms with Gasteiger partial charge in [-0.05, 0) is 28.3 Å². The molecule has 0 nitrogen and oxygen atoms in total. The third-order valence-electron chi connectivity index (χ3n) is 2.66. The summed E-state index contributed by atoms with van der Waals surface area (Å²) in [6.07, 6.45) is 5.53. The first-order valence-electron chi connectivity index (χ1n) is 4.93. The summed E-state index contributed by atoms with van der Waals surface area (Å²) >= 11 is -0.181. The van der Waals surface area contributed by atoms with Crippen molar-refractivity contribution >= 4 is 36.9 Å². The summed E-state index contributed by atoms with van der Waals surface area (Å²) in [7, 11) is 9.65. The van der Waals surface area contributed by atoms with Crippen LogP contribution < -0.4 is 0 Å². The molecule has 2 aromatic rings. The van der Waals surface area contributed by atoms with E-state index in [-0.39, 0.29) is 13.4 Å². The second-order valence-corrected chi connectivity index (χ2v) is 5.63. The monoisotopic (exact) mass is 288 g/mol. The molecule has 0 N–H and O–H groups in total. The van der Waals surface area contributed by atoms with Gasteiger partial charge >= 0.3 is 33.5 Å². The Hall–Kier alpha value is -0.448. The molecule has 3 heteroatoms. The van der Waals surface area contributed by atoms with Crippen LogP contribution in [-0.4, -0.2) is 0 Å². The third-order valence-corrected chi connectivity index (χ3v) is 2.66. The van der Waals surface area contributed by atoms with Crippen molar-refractivity contribution in [3.05, 3.63) is 53.6 Å². The minimum absolute atomic E-state index is 0.181. The number of rotatable bonds is 0. The van der Waals surface area contributed by atoms with E-state index < -0.39 is 0 Å². The van der Waals surface area contributed by atoms with Gasteiger partial charge in [-0.2, -0.15) is 0 Å². The minimum atomic E-state index is -0.181. The van der Waals surface area contributed by atoms with Crippen molar-refractivity contribution in [2.75, 3.05) is 0 Å². The van der Waals surface area contributed by atoms with E-state index in [4.69, 9.17) is 20.1 Å². The van der Waals surface area contributed by atoms with Crippen LogP contribution in [0, 0.1) is 0 Å². The average Bonchev–Trinajstić information content (AvgIpc) is 2.31. The van der Waals surface area contributed by atoms with Crippen LogP contribution in [0.4, 0.5) is 0 Å². The molecule has 16 heavy (non-hydrogen) atoms. The van der Waals surface area contributed by atoms with Crippen molar-refractivity contribution in [3.8, 4) is 0 Å². The Morgan fingerprint density at radius 1 is 1.00 bits per heavy atom. The Balaban J connectivity index is 0.000000292. The molecule has 0 saturated heterocycles. The van der Waals surface area contributed by atoms with E-state index in [1.165, 1.54) is 21.9 Å². The summed E-state index contributed by atoms with van der Waals surface area (Å²) in [6.45, 7) is 0. The fourth-order valence-corrected chi connectivity index (χ4v) is 2.07. The number of allylic oxidation sites excluding steroid dienone is 1. The zero-order chi connectivity index (χ0) is 11.4. The molecule has 0 fully saturated rings. The second-order valence-electron chi connectivity index (χ2n) is 3.53. The molecule has 1 aliphatic carbocycles. The maximum atomic E-state index is 4.83. The van der Waals surface area contributed by atoms with Crippen molar-refractivity contribution < 1.29 is 13.4 Å². The maximum absolute atomic E-state index is 4.83. The molecule has 0 heterocycles. The Bertz CT molecular complexity index is 515. The molecule has 0 bridgehead atoms. The molecule has 0 atom stereocenters. The van der Waals surface area contributed by atoms with Gasteiger partial charge in [-0.3, -0.25) is 0 Å². The van der Waals surface area contributed by atoms with Gasteiger partial charge in [-0.15, -0.1) is 0 Å². The summed E-state index contributed by atoms with van der Waals surface area (Å²) in [5.74, 6) is 0. The van der Waals surface area contributed by atoms with E-state index in [2.05, 4.69) is 48.6 Å². The van der Waals surface area contributed by atoms with Gasteiger partial charge in [-0.25, -0.2) is 0 Å². The molecule has 2 aromatic carbocycles. The first kappa shape index (κ1) is 12.0. The molecule has 0 radical (unpaired) electrons. The van der Waals surface area contributed by atoms with E-state index >= 15 is 0 Å². The molecule has 0 unspecified atom stereocenters. The first-order chi connectivity index (χ1) is 7.86. The van der Waals surface area contributed by atoms with E-state index in [0.717, 1.165) is 6.42 Å². The number of halogens is 2. The Morgan fingerprint density at radius 3 is 2.44 bits per heavy atom. The van der Waals surface area contributed by atoms with E-state index in [0.29, 0.717) is 0 Å². The van der Waals surface area contributed by atoms with E-state index in [9.17, 15) is 0 Å². The summed E-state index contributed by atoms with van der Waals surface area (Å²) in [6, 6.07) is 13.0. The van der Waals surface area contributed by atoms with Gasteiger partial charge < -0.3 is 0 Å². The molecular formula is C13H10Cl2Cr. The van der Waals surface area contributed by atoms with Crippen LogP contribution in [-0.2, 0) is 19.8 Å². The number of hydrogen-bond donors (Lipinski definition) is 0. The van der Waals surface area contributed by atoms with Crippen molar-refractivity contribution in [1.82, 2.24) is 0 Å². The number of benzene rings is 2. The Kier molecular flexibility index (Phi) is 4.32. The van der Waals surface area contributed by atoms with Crippen LogP contribution in [0.25, 0.3) is 16.8 Å². The Labute approximate surface area is 110 Å². The van der Waals surface area contributed by atoms with E-state index in [1.807, 2.05) is 0 Å². The summed E-state index contributed by atoms with van der Waals surface area (Å²) in [4.78, 5) is 0. The van der Waals surface area contributed by atoms with Crippen LogP contribution >= 0.6 is 20.1 Å². The molecule has 0 amide bonds. The topological polar surface area (TPSA) is 0 Å². The average molecular weight is 289 g/mol. The first-order valence-corrected chi connectivity index (χ1v) is 8.44. The van der Waals surface area contributed by atoms with Crippen molar-refractivity contribution in [3.63, 3.8) is 0 Å². The summed E-state index contributed by atoms with van der Waals surface area (Å²) in [5, 5.41) is 2.80. The zero-order valence-corrected chi connectivity index (χ0v) is 11.3. The van der Waals surface area contributed by atoms with Crippen LogP contribution in [0.15, 0.2) is 42.5 Å². The summed E-state index contributed by atoms with van der Waals surface area (Å²) in [5.41, 5.74) is 2.81. The SMILES string of the molecule is C1=Cc2cccc3cccc(c23)C1.[Cl][Cr][Cl]. The molecule has 0 saturated carbocycles. The van der Waals surface area contributed by atoms with Gasteiger partial charge in [0.1, 0.15) is 0 Å². The van der Waals surface area contributed by atoms with Gasteiger partial charge in [0.05, 0.1) is 0 Å². The van der Waals surface area contributed by atoms with Crippen LogP contribution in [0.3, 0.4) is 0 Å². The Morgan fingerprint density at radius 2 is 1.69 bits per heavy atom. The second kappa shape index (κ2) is 5.75. The number of hydrogen-bond acceptors (Lipinski definition) is 0. The summed E-state index contributed by atoms with van der Waals surface area (Å²) < 4.78 is 0. The quantitative estimate of drug-likeness (QED) is 0.654. The van der Waals surface area contributed by atoms with Gasteiger partial charge in [0, 0.05) is 0 Å². The fraction of sp³-hybridized carbons (Fsp3) is 0.0769. The molecule has 3 rings (SSSR count). The van der Waals surface area contributed by atoms with Crippen LogP contribution in [0.2, 0.25) is 0 Å². The standard InChI is InChI=1S/C13H10.2ClH.Cr/c1-4-10-6-2-8-12-9-3-7-11(5-1)13(10)12;;;/h1-8H,9H2;2*1H;/q;;;+2/p-2. The predicted molar refractivity (Wildman–Crippen MR) is 68.4 cm³/mol. The van der Waals surface area contributed by atoms with Gasteiger partial charge in [0.2, 0.25) is 0 Å². The van der Waals surface area contributed by atoms with Crippen LogP contribution in [0.5, 0.6) is 0 Å². The van der Waals surface area contributed by atoms with Crippen LogP contribution in [0.1, 0.15) is 11.1 Å². The third kappa shape index (κ3) is 2.45. The molecule has 0 aromatic heterocycles. The molecule has 0 aliphatic heterocycles. The van der Waals surface area contributed by atoms with Crippen molar-refractivity contribution in [1.29, 1.82) is 0 Å². The van der Waals surface area contributed by atoms with Crippen molar-refractivity contribution in [2.24, 2.45) is 0 Å². The van der Waals surface area contributed by atoms with Gasteiger partial charge in [0.15, 0.2) is 0 Å². The molecule has 82 valence electrons. The van der Waals surface area contributed by atoms with Crippen molar-refractivity contribution in [2.45, 2.75) is 6.42 Å². The van der Waals surface area contributed by atoms with Gasteiger partial charge in [-0.1, -0.05) is 48.6 Å². The normalized spacial score (nSPS) is 12.1. The predicted octanol–water partition coefficient (Wildman–Crippen LogP) is 4.79. The molecular weight excluding hydrogens is 279 g/mol.